The van der Waals surface area contributed by atoms with E-state index in [4.69, 9.17) is 4.42 Å². The molecule has 0 atom stereocenters. The van der Waals surface area contributed by atoms with Crippen LogP contribution in [-0.4, -0.2) is 13.7 Å². The van der Waals surface area contributed by atoms with Gasteiger partial charge in [-0.3, -0.25) is 0 Å². The first-order valence-corrected chi connectivity index (χ1v) is 50.0. The lowest BCUT2D eigenvalue weighted by molar-refractivity contribution is 0.660. The van der Waals surface area contributed by atoms with Crippen molar-refractivity contribution in [3.8, 4) is 61.6 Å². The van der Waals surface area contributed by atoms with Crippen molar-refractivity contribution in [1.82, 2.24) is 13.7 Å². The minimum Gasteiger partial charge on any atom is -0.456 e. The molecule has 8 heteroatoms. The monoisotopic (exact) mass is 1840 g/mol. The molecule has 0 bridgehead atoms. The number of thiophene rings is 1. The Morgan fingerprint density at radius 3 is 0.916 bits per heavy atom. The van der Waals surface area contributed by atoms with Crippen molar-refractivity contribution in [2.75, 3.05) is 14.7 Å². The average molecular weight is 1840 g/mol. The highest BCUT2D eigenvalue weighted by Crippen LogP contribution is 2.54. The van der Waals surface area contributed by atoms with Crippen molar-refractivity contribution in [1.29, 1.82) is 0 Å². The van der Waals surface area contributed by atoms with Crippen molar-refractivity contribution in [3.05, 3.63) is 521 Å². The summed E-state index contributed by atoms with van der Waals surface area (Å²) in [5.41, 5.74) is 35.1. The third kappa shape index (κ3) is 13.8. The molecule has 5 heterocycles. The van der Waals surface area contributed by atoms with E-state index in [2.05, 4.69) is 540 Å². The number of hydrogen-bond acceptors (Lipinski definition) is 5. The first-order chi connectivity index (χ1) is 70.7. The summed E-state index contributed by atoms with van der Waals surface area (Å²) in [6, 6.07) is 185. The van der Waals surface area contributed by atoms with Gasteiger partial charge in [0.15, 0.2) is 0 Å². The van der Waals surface area contributed by atoms with Crippen molar-refractivity contribution in [2.24, 2.45) is 0 Å². The van der Waals surface area contributed by atoms with Crippen LogP contribution in [-0.2, 0) is 5.41 Å². The Kier molecular flexibility index (Phi) is 19.4. The number of hydrogen-bond donors (Lipinski definition) is 0. The molecule has 0 saturated heterocycles. The standard InChI is InChI=1S/C47H34N2.C44H28N2O.C44H28N2S/c1-47(2)41-18-7-6-17-39(41)40-28-27-38(30-42(40)47)48(35-25-23-32(24-26-35)31-11-4-3-5-12-31)36-15-10-16-37(29-36)49-43-19-8-13-33-21-22-34-14-9-20-44(49)46(34)45(33)43;2*1-2-9-29(10-3-1)30-21-23-33(24-22-30)45(36-25-26-38-37-15-4-5-18-41(37)47-42(38)28-36)34-13-8-14-35(27-34)46-39-16-6-11-31-19-20-32-12-7-17-40(46)44(32)43(31)39/h3-30H,1-2H3;2*1-28H. The fourth-order valence-electron chi connectivity index (χ4n) is 23.2. The molecule has 1 aliphatic rings. The fourth-order valence-corrected chi connectivity index (χ4v) is 24.3. The number of furan rings is 1. The summed E-state index contributed by atoms with van der Waals surface area (Å²) in [5, 5.41) is 20.4. The predicted octanol–water partition coefficient (Wildman–Crippen LogP) is 38.1. The molecule has 1 aliphatic carbocycles. The van der Waals surface area contributed by atoms with Gasteiger partial charge in [0, 0.05) is 143 Å². The van der Waals surface area contributed by atoms with E-state index in [-0.39, 0.29) is 5.41 Å². The molecular weight excluding hydrogens is 1750 g/mol. The van der Waals surface area contributed by atoms with E-state index < -0.39 is 0 Å². The first kappa shape index (κ1) is 82.9. The topological polar surface area (TPSA) is 37.6 Å². The number of rotatable bonds is 15. The molecule has 0 unspecified atom stereocenters. The van der Waals surface area contributed by atoms with Crippen LogP contribution in [0, 0.1) is 0 Å². The lowest BCUT2D eigenvalue weighted by atomic mass is 9.82. The number of benzene rings is 24. The Bertz CT molecular complexity index is 9380. The summed E-state index contributed by atoms with van der Waals surface area (Å²) in [6.07, 6.45) is 0. The van der Waals surface area contributed by atoms with Gasteiger partial charge >= 0.3 is 0 Å². The number of nitrogens with zero attached hydrogens (tertiary/aromatic N) is 6. The molecule has 0 amide bonds. The van der Waals surface area contributed by atoms with E-state index in [0.29, 0.717) is 0 Å². The molecule has 24 aromatic carbocycles. The van der Waals surface area contributed by atoms with Crippen molar-refractivity contribution in [3.63, 3.8) is 0 Å². The Balaban J connectivity index is 0.000000105. The van der Waals surface area contributed by atoms with E-state index >= 15 is 0 Å². The quantitative estimate of drug-likeness (QED) is 0.0959. The second-order valence-electron chi connectivity index (χ2n) is 38.2. The van der Waals surface area contributed by atoms with Gasteiger partial charge in [-0.25, -0.2) is 0 Å². The lowest BCUT2D eigenvalue weighted by Gasteiger charge is -2.28. The zero-order valence-corrected chi connectivity index (χ0v) is 79.3. The molecule has 29 aromatic rings. The fraction of sp³-hybridized carbons (Fsp3) is 0.0222. The van der Waals surface area contributed by atoms with Gasteiger partial charge in [-0.1, -0.05) is 341 Å². The third-order valence-electron chi connectivity index (χ3n) is 29.8. The number of anilines is 9. The highest BCUT2D eigenvalue weighted by molar-refractivity contribution is 7.25. The van der Waals surface area contributed by atoms with Gasteiger partial charge in [0.25, 0.3) is 0 Å². The maximum absolute atomic E-state index is 6.36. The van der Waals surface area contributed by atoms with Crippen LogP contribution in [0.5, 0.6) is 0 Å². The van der Waals surface area contributed by atoms with Crippen LogP contribution in [0.2, 0.25) is 0 Å². The van der Waals surface area contributed by atoms with Crippen molar-refractivity contribution >= 4 is 202 Å². The number of para-hydroxylation sites is 1. The first-order valence-electron chi connectivity index (χ1n) is 49.1. The predicted molar refractivity (Wildman–Crippen MR) is 607 cm³/mol. The minimum atomic E-state index is -0.0920. The molecule has 0 aliphatic heterocycles. The summed E-state index contributed by atoms with van der Waals surface area (Å²) in [6.45, 7) is 4.71. The smallest absolute Gasteiger partial charge is 0.137 e. The Labute approximate surface area is 830 Å². The lowest BCUT2D eigenvalue weighted by Crippen LogP contribution is -2.16. The summed E-state index contributed by atoms with van der Waals surface area (Å²) < 4.78 is 16.2. The summed E-state index contributed by atoms with van der Waals surface area (Å²) >= 11 is 1.86. The van der Waals surface area contributed by atoms with Gasteiger partial charge in [0.2, 0.25) is 0 Å². The molecule has 0 fully saturated rings. The number of fused-ring (bicyclic) bond motifs is 9. The van der Waals surface area contributed by atoms with E-state index in [1.807, 2.05) is 23.5 Å². The van der Waals surface area contributed by atoms with Crippen LogP contribution in [0.4, 0.5) is 51.2 Å². The van der Waals surface area contributed by atoms with Gasteiger partial charge in [0.1, 0.15) is 11.2 Å². The number of aromatic nitrogens is 3. The van der Waals surface area contributed by atoms with Crippen LogP contribution >= 0.6 is 11.3 Å². The zero-order chi connectivity index (χ0) is 94.5. The molecular formula is C135H90N6OS. The summed E-state index contributed by atoms with van der Waals surface area (Å²) in [7, 11) is 0. The maximum atomic E-state index is 6.36. The van der Waals surface area contributed by atoms with Crippen molar-refractivity contribution < 1.29 is 4.42 Å². The molecule has 0 saturated carbocycles. The van der Waals surface area contributed by atoms with Crippen LogP contribution in [0.3, 0.4) is 0 Å². The molecule has 7 nitrogen and oxygen atoms in total. The summed E-state index contributed by atoms with van der Waals surface area (Å²) in [5.74, 6) is 0. The van der Waals surface area contributed by atoms with Crippen molar-refractivity contribution in [2.45, 2.75) is 19.3 Å². The second-order valence-corrected chi connectivity index (χ2v) is 39.3. The summed E-state index contributed by atoms with van der Waals surface area (Å²) in [4.78, 5) is 7.14. The van der Waals surface area contributed by atoms with Crippen LogP contribution in [0.1, 0.15) is 25.0 Å². The Morgan fingerprint density at radius 1 is 0.196 bits per heavy atom. The Morgan fingerprint density at radius 2 is 0.497 bits per heavy atom. The molecule has 0 N–H and O–H groups in total. The van der Waals surface area contributed by atoms with E-state index in [1.165, 1.54) is 174 Å². The minimum absolute atomic E-state index is 0.0920. The molecule has 143 heavy (non-hydrogen) atoms. The van der Waals surface area contributed by atoms with Gasteiger partial charge in [-0.15, -0.1) is 11.3 Å². The highest BCUT2D eigenvalue weighted by Gasteiger charge is 2.36. The maximum Gasteiger partial charge on any atom is 0.137 e. The average Bonchev–Trinajstić information content (AvgIpc) is 1.57. The van der Waals surface area contributed by atoms with Crippen LogP contribution < -0.4 is 14.7 Å². The molecule has 0 radical (unpaired) electrons. The molecule has 0 spiro atoms. The van der Waals surface area contributed by atoms with Crippen LogP contribution in [0.15, 0.2) is 514 Å². The van der Waals surface area contributed by atoms with Crippen LogP contribution in [0.25, 0.3) is 201 Å². The molecule has 672 valence electrons. The van der Waals surface area contributed by atoms with Gasteiger partial charge < -0.3 is 32.8 Å². The molecule has 5 aromatic heterocycles. The van der Waals surface area contributed by atoms with E-state index in [9.17, 15) is 0 Å². The Hall–Kier alpha value is -18.3. The highest BCUT2D eigenvalue weighted by atomic mass is 32.1. The van der Waals surface area contributed by atoms with E-state index in [0.717, 1.165) is 90.2 Å². The normalized spacial score (nSPS) is 12.3. The van der Waals surface area contributed by atoms with E-state index in [1.54, 1.807) is 0 Å². The molecule has 30 rings (SSSR count). The van der Waals surface area contributed by atoms with Gasteiger partial charge in [-0.2, -0.15) is 0 Å². The van der Waals surface area contributed by atoms with Gasteiger partial charge in [0.05, 0.1) is 33.1 Å². The largest absolute Gasteiger partial charge is 0.456 e. The van der Waals surface area contributed by atoms with Gasteiger partial charge in [-0.05, 0) is 264 Å². The third-order valence-corrected chi connectivity index (χ3v) is 30.9. The zero-order valence-electron chi connectivity index (χ0n) is 78.5. The second kappa shape index (κ2) is 33.5. The SMILES string of the molecule is CC1(C)c2ccccc2-c2ccc(N(c3ccc(-c4ccccc4)cc3)c3cccc(-n4c5cccc6ccc7cccc4c7c65)c3)cc21.c1ccc(-c2ccc(N(c3cccc(-n4c5cccc6ccc7cccc4c7c65)c3)c3ccc4c(c3)oc3ccccc34)cc2)cc1.c1ccc(-c2ccc(N(c3cccc(-n4c5cccc6ccc7cccc4c7c65)c3)c3ccc4c(c3)sc3ccccc34)cc2)cc1.